The van der Waals surface area contributed by atoms with Crippen LogP contribution in [0.3, 0.4) is 0 Å². The number of hydrogen-bond donors (Lipinski definition) is 1. The lowest BCUT2D eigenvalue weighted by atomic mass is 10.0. The van der Waals surface area contributed by atoms with Gasteiger partial charge in [-0.2, -0.15) is 0 Å². The Balaban J connectivity index is 1.05. The van der Waals surface area contributed by atoms with E-state index in [-0.39, 0.29) is 36.9 Å². The molecule has 1 aliphatic carbocycles. The lowest BCUT2D eigenvalue weighted by Gasteiger charge is -2.07. The lowest BCUT2D eigenvalue weighted by Crippen LogP contribution is -2.17. The van der Waals surface area contributed by atoms with Crippen molar-refractivity contribution in [3.05, 3.63) is 117 Å². The quantitative estimate of drug-likeness (QED) is 0.128. The number of ketones is 2. The number of hydrogen-bond acceptors (Lipinski definition) is 6. The zero-order valence-corrected chi connectivity index (χ0v) is 21.8. The van der Waals surface area contributed by atoms with Crippen LogP contribution in [0.5, 0.6) is 0 Å². The van der Waals surface area contributed by atoms with E-state index in [9.17, 15) is 19.2 Å². The fraction of sp³-hybridized carbons (Fsp3) is 0.125. The number of allylic oxidation sites excluding steroid dienone is 1. The molecule has 0 unspecified atom stereocenters. The maximum atomic E-state index is 12.6. The molecule has 1 heterocycles. The van der Waals surface area contributed by atoms with Crippen LogP contribution < -0.4 is 5.32 Å². The molecule has 6 nitrogen and oxygen atoms in total. The molecule has 4 aromatic rings. The molecule has 1 amide bonds. The van der Waals surface area contributed by atoms with Gasteiger partial charge in [-0.15, -0.1) is 11.3 Å². The van der Waals surface area contributed by atoms with Crippen molar-refractivity contribution in [1.82, 2.24) is 0 Å². The van der Waals surface area contributed by atoms with Crippen LogP contribution in [0.1, 0.15) is 49.6 Å². The Morgan fingerprint density at radius 3 is 2.38 bits per heavy atom. The van der Waals surface area contributed by atoms with Crippen molar-refractivity contribution < 1.29 is 23.9 Å². The fourth-order valence-electron chi connectivity index (χ4n) is 4.42. The molecular weight excluding hydrogens is 510 g/mol. The van der Waals surface area contributed by atoms with Gasteiger partial charge in [0.25, 0.3) is 0 Å². The summed E-state index contributed by atoms with van der Waals surface area (Å²) >= 11 is 1.54. The van der Waals surface area contributed by atoms with Crippen LogP contribution in [-0.2, 0) is 20.7 Å². The molecule has 0 saturated heterocycles. The first-order chi connectivity index (χ1) is 19.0. The van der Waals surface area contributed by atoms with Crippen molar-refractivity contribution in [1.29, 1.82) is 0 Å². The molecule has 0 fully saturated rings. The van der Waals surface area contributed by atoms with E-state index in [0.29, 0.717) is 16.8 Å². The number of carbonyl (C=O) groups excluding carboxylic acids is 4. The summed E-state index contributed by atoms with van der Waals surface area (Å²) in [5.41, 5.74) is 6.13. The van der Waals surface area contributed by atoms with E-state index in [2.05, 4.69) is 17.4 Å². The van der Waals surface area contributed by atoms with Crippen LogP contribution in [0.15, 0.2) is 90.3 Å². The van der Waals surface area contributed by atoms with Gasteiger partial charge >= 0.3 is 5.97 Å². The molecule has 0 aliphatic heterocycles. The summed E-state index contributed by atoms with van der Waals surface area (Å²) in [7, 11) is 0. The summed E-state index contributed by atoms with van der Waals surface area (Å²) in [5, 5.41) is 4.64. The highest BCUT2D eigenvalue weighted by Gasteiger charge is 2.20. The molecule has 0 saturated carbocycles. The number of anilines is 1. The van der Waals surface area contributed by atoms with Crippen molar-refractivity contribution in [3.8, 4) is 11.1 Å². The summed E-state index contributed by atoms with van der Waals surface area (Å²) in [6, 6.07) is 24.1. The third kappa shape index (κ3) is 6.45. The average molecular weight is 536 g/mol. The highest BCUT2D eigenvalue weighted by Crippen LogP contribution is 2.36. The standard InChI is InChI=1S/C32H25NO5S/c34-29(14-12-26-5-3-17-39-26)21-7-10-25(11-8-21)33-31(36)15-16-32(37)38-20-30(35)23-9-13-28-24(19-23)18-22-4-1-2-6-27(22)28/h1-14,17,19H,15-16,18,20H2,(H,33,36)/b14-12+. The van der Waals surface area contributed by atoms with Crippen LogP contribution in [-0.4, -0.2) is 30.0 Å². The highest BCUT2D eigenvalue weighted by molar-refractivity contribution is 7.10. The van der Waals surface area contributed by atoms with E-state index in [1.54, 1.807) is 47.7 Å². The molecule has 1 aromatic heterocycles. The van der Waals surface area contributed by atoms with Crippen LogP contribution in [0.25, 0.3) is 17.2 Å². The highest BCUT2D eigenvalue weighted by atomic mass is 32.1. The van der Waals surface area contributed by atoms with Gasteiger partial charge in [0, 0.05) is 28.1 Å². The SMILES string of the molecule is O=C(CCC(=O)OCC(=O)c1ccc2c(c1)Cc1ccccc1-2)Nc1ccc(C(=O)/C=C/c2cccs2)cc1. The van der Waals surface area contributed by atoms with Crippen LogP contribution in [0, 0.1) is 0 Å². The first-order valence-electron chi connectivity index (χ1n) is 12.5. The van der Waals surface area contributed by atoms with E-state index in [1.165, 1.54) is 17.2 Å². The summed E-state index contributed by atoms with van der Waals surface area (Å²) in [4.78, 5) is 50.3. The number of benzene rings is 3. The van der Waals surface area contributed by atoms with Gasteiger partial charge in [0.2, 0.25) is 5.91 Å². The van der Waals surface area contributed by atoms with Gasteiger partial charge in [0.1, 0.15) is 0 Å². The number of rotatable bonds is 10. The van der Waals surface area contributed by atoms with Gasteiger partial charge in [0.05, 0.1) is 6.42 Å². The van der Waals surface area contributed by atoms with Crippen molar-refractivity contribution in [3.63, 3.8) is 0 Å². The minimum atomic E-state index is -0.620. The van der Waals surface area contributed by atoms with E-state index >= 15 is 0 Å². The maximum Gasteiger partial charge on any atom is 0.306 e. The number of Topliss-reactive ketones (excluding diaryl/α,β-unsaturated/α-hetero) is 1. The minimum absolute atomic E-state index is 0.0889. The molecular formula is C32H25NO5S. The first-order valence-corrected chi connectivity index (χ1v) is 13.4. The van der Waals surface area contributed by atoms with Crippen LogP contribution >= 0.6 is 11.3 Å². The van der Waals surface area contributed by atoms with Crippen molar-refractivity contribution in [2.24, 2.45) is 0 Å². The molecule has 1 N–H and O–H groups in total. The third-order valence-corrected chi connectivity index (χ3v) is 7.27. The number of carbonyl (C=O) groups is 4. The Morgan fingerprint density at radius 1 is 0.821 bits per heavy atom. The second-order valence-electron chi connectivity index (χ2n) is 9.13. The second kappa shape index (κ2) is 11.8. The molecule has 0 bridgehead atoms. The van der Waals surface area contributed by atoms with Gasteiger partial charge in [-0.3, -0.25) is 19.2 Å². The molecule has 0 atom stereocenters. The molecule has 0 radical (unpaired) electrons. The summed E-state index contributed by atoms with van der Waals surface area (Å²) < 4.78 is 5.12. The lowest BCUT2D eigenvalue weighted by molar-refractivity contribution is -0.143. The summed E-state index contributed by atoms with van der Waals surface area (Å²) in [6.45, 7) is -0.372. The van der Waals surface area contributed by atoms with Crippen LogP contribution in [0.2, 0.25) is 0 Å². The number of ether oxygens (including phenoxy) is 1. The Bertz CT molecular complexity index is 1570. The zero-order valence-electron chi connectivity index (χ0n) is 21.0. The normalized spacial score (nSPS) is 11.6. The predicted octanol–water partition coefficient (Wildman–Crippen LogP) is 6.36. The Morgan fingerprint density at radius 2 is 1.59 bits per heavy atom. The van der Waals surface area contributed by atoms with Gasteiger partial charge in [-0.05, 0) is 82.6 Å². The molecule has 0 spiro atoms. The largest absolute Gasteiger partial charge is 0.457 e. The zero-order chi connectivity index (χ0) is 27.2. The third-order valence-electron chi connectivity index (χ3n) is 6.43. The number of esters is 1. The van der Waals surface area contributed by atoms with Crippen molar-refractivity contribution in [2.75, 3.05) is 11.9 Å². The molecule has 39 heavy (non-hydrogen) atoms. The number of fused-ring (bicyclic) bond motifs is 3. The molecule has 3 aromatic carbocycles. The summed E-state index contributed by atoms with van der Waals surface area (Å²) in [5.74, 6) is -1.41. The number of thiophene rings is 1. The number of nitrogens with one attached hydrogen (secondary N) is 1. The Kier molecular flexibility index (Phi) is 7.89. The van der Waals surface area contributed by atoms with Gasteiger partial charge < -0.3 is 10.1 Å². The first kappa shape index (κ1) is 26.0. The second-order valence-corrected chi connectivity index (χ2v) is 10.1. The predicted molar refractivity (Wildman–Crippen MR) is 152 cm³/mol. The molecule has 7 heteroatoms. The fourth-order valence-corrected chi connectivity index (χ4v) is 5.04. The molecule has 194 valence electrons. The Labute approximate surface area is 230 Å². The van der Waals surface area contributed by atoms with Gasteiger partial charge in [-0.25, -0.2) is 0 Å². The maximum absolute atomic E-state index is 12.6. The van der Waals surface area contributed by atoms with Crippen molar-refractivity contribution >= 4 is 46.5 Å². The minimum Gasteiger partial charge on any atom is -0.457 e. The van der Waals surface area contributed by atoms with E-state index in [1.807, 2.05) is 41.8 Å². The number of amides is 1. The molecule has 5 rings (SSSR count). The smallest absolute Gasteiger partial charge is 0.306 e. The van der Waals surface area contributed by atoms with E-state index in [4.69, 9.17) is 4.74 Å². The van der Waals surface area contributed by atoms with E-state index < -0.39 is 5.97 Å². The monoisotopic (exact) mass is 535 g/mol. The van der Waals surface area contributed by atoms with Gasteiger partial charge in [0.15, 0.2) is 18.2 Å². The Hall–Kier alpha value is -4.62. The summed E-state index contributed by atoms with van der Waals surface area (Å²) in [6.07, 6.45) is 3.81. The van der Waals surface area contributed by atoms with Crippen molar-refractivity contribution in [2.45, 2.75) is 19.3 Å². The average Bonchev–Trinajstić information content (AvgIpc) is 3.61. The molecule has 1 aliphatic rings. The van der Waals surface area contributed by atoms with E-state index in [0.717, 1.165) is 22.4 Å². The van der Waals surface area contributed by atoms with Crippen LogP contribution in [0.4, 0.5) is 5.69 Å². The topological polar surface area (TPSA) is 89.5 Å². The van der Waals surface area contributed by atoms with Gasteiger partial charge in [-0.1, -0.05) is 42.5 Å².